The highest BCUT2D eigenvalue weighted by Gasteiger charge is 2.38. The molecular weight excluding hydrogens is 352 g/mol. The van der Waals surface area contributed by atoms with Gasteiger partial charge in [0.05, 0.1) is 11.3 Å². The third-order valence-electron chi connectivity index (χ3n) is 4.53. The molecule has 1 amide bonds. The maximum atomic E-state index is 12.8. The van der Waals surface area contributed by atoms with E-state index in [4.69, 9.17) is 0 Å². The van der Waals surface area contributed by atoms with Gasteiger partial charge in [0.25, 0.3) is 0 Å². The van der Waals surface area contributed by atoms with Crippen LogP contribution in [-0.2, 0) is 21.2 Å². The Morgan fingerprint density at radius 2 is 1.81 bits per heavy atom. The molecule has 2 aromatic rings. The van der Waals surface area contributed by atoms with Crippen LogP contribution in [0.1, 0.15) is 18.9 Å². The van der Waals surface area contributed by atoms with Gasteiger partial charge in [-0.25, -0.2) is 8.42 Å². The van der Waals surface area contributed by atoms with Crippen LogP contribution in [0, 0.1) is 0 Å². The number of phenolic OH excluding ortho intramolecular Hbond substituents is 1. The molecule has 0 saturated carbocycles. The number of sulfonamides is 1. The monoisotopic (exact) mass is 374 g/mol. The topological polar surface area (TPSA) is 86.7 Å². The average molecular weight is 374 g/mol. The van der Waals surface area contributed by atoms with Gasteiger partial charge >= 0.3 is 0 Å². The third kappa shape index (κ3) is 4.05. The summed E-state index contributed by atoms with van der Waals surface area (Å²) in [4.78, 5) is 12.5. The van der Waals surface area contributed by atoms with Crippen LogP contribution >= 0.6 is 0 Å². The van der Waals surface area contributed by atoms with Crippen LogP contribution in [0.3, 0.4) is 0 Å². The van der Waals surface area contributed by atoms with Crippen molar-refractivity contribution in [1.29, 1.82) is 0 Å². The van der Waals surface area contributed by atoms with Crippen LogP contribution in [0.5, 0.6) is 5.75 Å². The SMILES string of the molecule is C[C@@H]1C[C@H](NC(=O)Cc2ccc(O)cc2)CN1S(=O)(=O)c1ccccc1. The molecule has 1 aliphatic heterocycles. The number of benzene rings is 2. The first-order valence-electron chi connectivity index (χ1n) is 8.50. The van der Waals surface area contributed by atoms with Crippen LogP contribution in [0.25, 0.3) is 0 Å². The van der Waals surface area contributed by atoms with Crippen molar-refractivity contribution >= 4 is 15.9 Å². The lowest BCUT2D eigenvalue weighted by Gasteiger charge is -2.20. The number of rotatable bonds is 5. The van der Waals surface area contributed by atoms with Gasteiger partial charge in [-0.15, -0.1) is 0 Å². The molecule has 2 aromatic carbocycles. The number of carbonyl (C=O) groups excluding carboxylic acids is 1. The number of hydrogen-bond donors (Lipinski definition) is 2. The number of nitrogens with zero attached hydrogens (tertiary/aromatic N) is 1. The number of carbonyl (C=O) groups is 1. The highest BCUT2D eigenvalue weighted by molar-refractivity contribution is 7.89. The van der Waals surface area contributed by atoms with E-state index in [2.05, 4.69) is 5.32 Å². The summed E-state index contributed by atoms with van der Waals surface area (Å²) >= 11 is 0. The Kier molecular flexibility index (Phi) is 5.29. The number of aromatic hydroxyl groups is 1. The molecule has 0 aliphatic carbocycles. The summed E-state index contributed by atoms with van der Waals surface area (Å²) in [5.74, 6) is -0.00705. The summed E-state index contributed by atoms with van der Waals surface area (Å²) < 4.78 is 27.0. The lowest BCUT2D eigenvalue weighted by atomic mass is 10.1. The van der Waals surface area contributed by atoms with E-state index in [0.717, 1.165) is 5.56 Å². The molecule has 7 heteroatoms. The van der Waals surface area contributed by atoms with E-state index >= 15 is 0 Å². The molecule has 0 bridgehead atoms. The first kappa shape index (κ1) is 18.4. The summed E-state index contributed by atoms with van der Waals surface area (Å²) in [5, 5.41) is 12.2. The van der Waals surface area contributed by atoms with Crippen LogP contribution in [0.15, 0.2) is 59.5 Å². The van der Waals surface area contributed by atoms with Crippen LogP contribution in [0.2, 0.25) is 0 Å². The third-order valence-corrected chi connectivity index (χ3v) is 6.53. The summed E-state index contributed by atoms with van der Waals surface area (Å²) in [6, 6.07) is 14.4. The van der Waals surface area contributed by atoms with Gasteiger partial charge in [0.15, 0.2) is 0 Å². The largest absolute Gasteiger partial charge is 0.508 e. The lowest BCUT2D eigenvalue weighted by molar-refractivity contribution is -0.121. The van der Waals surface area contributed by atoms with Gasteiger partial charge in [-0.1, -0.05) is 30.3 Å². The van der Waals surface area contributed by atoms with Gasteiger partial charge in [0.2, 0.25) is 15.9 Å². The second kappa shape index (κ2) is 7.47. The number of amides is 1. The van der Waals surface area contributed by atoms with Crippen molar-refractivity contribution < 1.29 is 18.3 Å². The van der Waals surface area contributed by atoms with Crippen molar-refractivity contribution in [2.75, 3.05) is 6.54 Å². The molecule has 1 aliphatic rings. The van der Waals surface area contributed by atoms with Crippen molar-refractivity contribution in [3.8, 4) is 5.75 Å². The van der Waals surface area contributed by atoms with E-state index in [1.54, 1.807) is 42.5 Å². The van der Waals surface area contributed by atoms with E-state index in [0.29, 0.717) is 6.42 Å². The molecule has 1 fully saturated rings. The molecule has 0 spiro atoms. The molecule has 26 heavy (non-hydrogen) atoms. The van der Waals surface area contributed by atoms with E-state index in [1.807, 2.05) is 6.92 Å². The van der Waals surface area contributed by atoms with Crippen LogP contribution < -0.4 is 5.32 Å². The van der Waals surface area contributed by atoms with Crippen molar-refractivity contribution in [1.82, 2.24) is 9.62 Å². The maximum absolute atomic E-state index is 12.8. The number of hydrogen-bond acceptors (Lipinski definition) is 4. The Balaban J connectivity index is 1.63. The Morgan fingerprint density at radius 3 is 2.46 bits per heavy atom. The van der Waals surface area contributed by atoms with Gasteiger partial charge in [-0.3, -0.25) is 4.79 Å². The van der Waals surface area contributed by atoms with Crippen molar-refractivity contribution in [3.63, 3.8) is 0 Å². The van der Waals surface area contributed by atoms with Gasteiger partial charge < -0.3 is 10.4 Å². The van der Waals surface area contributed by atoms with E-state index in [1.165, 1.54) is 16.4 Å². The predicted molar refractivity (Wildman–Crippen MR) is 98.2 cm³/mol. The fourth-order valence-corrected chi connectivity index (χ4v) is 4.95. The van der Waals surface area contributed by atoms with Gasteiger partial charge in [-0.2, -0.15) is 4.31 Å². The van der Waals surface area contributed by atoms with Crippen LogP contribution in [0.4, 0.5) is 0 Å². The van der Waals surface area contributed by atoms with E-state index < -0.39 is 10.0 Å². The quantitative estimate of drug-likeness (QED) is 0.837. The average Bonchev–Trinajstić information content (AvgIpc) is 2.98. The molecule has 2 N–H and O–H groups in total. The molecule has 1 saturated heterocycles. The highest BCUT2D eigenvalue weighted by atomic mass is 32.2. The summed E-state index contributed by atoms with van der Waals surface area (Å²) in [7, 11) is -3.57. The van der Waals surface area contributed by atoms with Gasteiger partial charge in [0.1, 0.15) is 5.75 Å². The first-order chi connectivity index (χ1) is 12.4. The van der Waals surface area contributed by atoms with Gasteiger partial charge in [0, 0.05) is 18.6 Å². The standard InChI is InChI=1S/C19H22N2O4S/c1-14-11-16(20-19(23)12-15-7-9-17(22)10-8-15)13-21(14)26(24,25)18-5-3-2-4-6-18/h2-10,14,16,22H,11-13H2,1H3,(H,20,23)/t14-,16+/m1/s1. The van der Waals surface area contributed by atoms with Crippen molar-refractivity contribution in [3.05, 3.63) is 60.2 Å². The summed E-state index contributed by atoms with van der Waals surface area (Å²) in [5.41, 5.74) is 0.792. The molecular formula is C19H22N2O4S. The molecule has 6 nitrogen and oxygen atoms in total. The lowest BCUT2D eigenvalue weighted by Crippen LogP contribution is -2.39. The number of nitrogens with one attached hydrogen (secondary N) is 1. The fraction of sp³-hybridized carbons (Fsp3) is 0.316. The van der Waals surface area contributed by atoms with Gasteiger partial charge in [-0.05, 0) is 43.2 Å². The zero-order chi connectivity index (χ0) is 18.7. The zero-order valence-corrected chi connectivity index (χ0v) is 15.3. The maximum Gasteiger partial charge on any atom is 0.243 e. The van der Waals surface area contributed by atoms with Crippen LogP contribution in [-0.4, -0.2) is 42.4 Å². The van der Waals surface area contributed by atoms with Crippen molar-refractivity contribution in [2.45, 2.75) is 36.7 Å². The fourth-order valence-electron chi connectivity index (χ4n) is 3.25. The first-order valence-corrected chi connectivity index (χ1v) is 9.94. The Hall–Kier alpha value is -2.38. The minimum absolute atomic E-state index is 0.153. The predicted octanol–water partition coefficient (Wildman–Crippen LogP) is 1.90. The Morgan fingerprint density at radius 1 is 1.15 bits per heavy atom. The van der Waals surface area contributed by atoms with E-state index in [-0.39, 0.29) is 41.6 Å². The molecule has 1 heterocycles. The minimum atomic E-state index is -3.57. The van der Waals surface area contributed by atoms with E-state index in [9.17, 15) is 18.3 Å². The van der Waals surface area contributed by atoms with Crippen molar-refractivity contribution in [2.24, 2.45) is 0 Å². The summed E-state index contributed by atoms with van der Waals surface area (Å²) in [6.07, 6.45) is 0.768. The Bertz CT molecular complexity index is 866. The molecule has 0 radical (unpaired) electrons. The molecule has 0 aromatic heterocycles. The molecule has 2 atom stereocenters. The zero-order valence-electron chi connectivity index (χ0n) is 14.5. The molecule has 0 unspecified atom stereocenters. The number of phenols is 1. The smallest absolute Gasteiger partial charge is 0.243 e. The summed E-state index contributed by atoms with van der Waals surface area (Å²) in [6.45, 7) is 2.12. The highest BCUT2D eigenvalue weighted by Crippen LogP contribution is 2.26. The molecule has 138 valence electrons. The minimum Gasteiger partial charge on any atom is -0.508 e. The Labute approximate surface area is 153 Å². The second-order valence-corrected chi connectivity index (χ2v) is 8.47. The normalized spacial score (nSPS) is 20.8. The molecule has 3 rings (SSSR count). The second-order valence-electron chi connectivity index (χ2n) is 6.58.